The molecule has 3 N–H and O–H groups in total. The van der Waals surface area contributed by atoms with Gasteiger partial charge in [-0.05, 0) is 66.5 Å². The quantitative estimate of drug-likeness (QED) is 0.529. The second kappa shape index (κ2) is 9.08. The SMILES string of the molecule is COc1cc(C=C2C(C)=C(C#N)c3nc(N)c(C#N)c(C)c32)ccc1OCc1ccc(C(=O)O)o1. The van der Waals surface area contributed by atoms with Crippen molar-refractivity contribution in [2.24, 2.45) is 0 Å². The minimum absolute atomic E-state index is 0.0219. The van der Waals surface area contributed by atoms with Crippen LogP contribution in [0.3, 0.4) is 0 Å². The molecule has 35 heavy (non-hydrogen) atoms. The summed E-state index contributed by atoms with van der Waals surface area (Å²) in [5.41, 5.74) is 10.8. The smallest absolute Gasteiger partial charge is 0.371 e. The maximum Gasteiger partial charge on any atom is 0.371 e. The van der Waals surface area contributed by atoms with Crippen LogP contribution in [0, 0.1) is 29.6 Å². The van der Waals surface area contributed by atoms with Gasteiger partial charge in [-0.15, -0.1) is 0 Å². The summed E-state index contributed by atoms with van der Waals surface area (Å²) in [5.74, 6) is 0.0327. The number of nitriles is 2. The molecule has 1 aliphatic rings. The van der Waals surface area contributed by atoms with Crippen LogP contribution in [-0.4, -0.2) is 23.2 Å². The predicted octanol–water partition coefficient (Wildman–Crippen LogP) is 4.57. The van der Waals surface area contributed by atoms with E-state index in [1.54, 1.807) is 19.1 Å². The summed E-state index contributed by atoms with van der Waals surface area (Å²) < 4.78 is 16.5. The maximum absolute atomic E-state index is 11.0. The number of hydrogen-bond acceptors (Lipinski definition) is 8. The first-order chi connectivity index (χ1) is 16.8. The molecular formula is C26H20N4O5. The van der Waals surface area contributed by atoms with E-state index >= 15 is 0 Å². The van der Waals surface area contributed by atoms with E-state index in [-0.39, 0.29) is 23.7 Å². The Morgan fingerprint density at radius 2 is 1.97 bits per heavy atom. The Hall–Kier alpha value is -5.02. The fraction of sp³-hybridized carbons (Fsp3) is 0.154. The van der Waals surface area contributed by atoms with Crippen molar-refractivity contribution in [2.45, 2.75) is 20.5 Å². The Labute approximate surface area is 200 Å². The molecule has 0 fully saturated rings. The Kier molecular flexibility index (Phi) is 6.01. The Morgan fingerprint density at radius 3 is 2.60 bits per heavy atom. The number of pyridine rings is 1. The topological polar surface area (TPSA) is 155 Å². The number of allylic oxidation sites excluding steroid dienone is 3. The van der Waals surface area contributed by atoms with Crippen LogP contribution in [0.25, 0.3) is 17.2 Å². The van der Waals surface area contributed by atoms with E-state index in [1.807, 2.05) is 19.1 Å². The molecule has 0 saturated carbocycles. The van der Waals surface area contributed by atoms with Crippen molar-refractivity contribution in [1.29, 1.82) is 10.5 Å². The molecule has 9 heteroatoms. The summed E-state index contributed by atoms with van der Waals surface area (Å²) in [5, 5.41) is 28.2. The number of rotatable bonds is 6. The molecular weight excluding hydrogens is 448 g/mol. The van der Waals surface area contributed by atoms with Gasteiger partial charge in [0.05, 0.1) is 23.9 Å². The van der Waals surface area contributed by atoms with Gasteiger partial charge in [0, 0.05) is 5.56 Å². The number of anilines is 1. The molecule has 0 radical (unpaired) electrons. The number of carbonyl (C=O) groups is 1. The van der Waals surface area contributed by atoms with Crippen molar-refractivity contribution in [3.05, 3.63) is 75.4 Å². The number of hydrogen-bond donors (Lipinski definition) is 2. The Balaban J connectivity index is 1.70. The third-order valence-corrected chi connectivity index (χ3v) is 5.73. The van der Waals surface area contributed by atoms with E-state index in [1.165, 1.54) is 19.2 Å². The number of benzene rings is 1. The summed E-state index contributed by atoms with van der Waals surface area (Å²) >= 11 is 0. The molecule has 3 aromatic rings. The van der Waals surface area contributed by atoms with Gasteiger partial charge in [0.1, 0.15) is 30.3 Å². The summed E-state index contributed by atoms with van der Waals surface area (Å²) in [4.78, 5) is 15.3. The highest BCUT2D eigenvalue weighted by atomic mass is 16.5. The fourth-order valence-corrected chi connectivity index (χ4v) is 3.97. The number of nitrogens with zero attached hydrogens (tertiary/aromatic N) is 3. The van der Waals surface area contributed by atoms with E-state index in [0.29, 0.717) is 39.7 Å². The normalized spacial score (nSPS) is 13.3. The number of furan rings is 1. The second-order valence-corrected chi connectivity index (χ2v) is 7.77. The first-order valence-corrected chi connectivity index (χ1v) is 10.5. The Bertz CT molecular complexity index is 1520. The van der Waals surface area contributed by atoms with Gasteiger partial charge in [0.15, 0.2) is 11.5 Å². The lowest BCUT2D eigenvalue weighted by Crippen LogP contribution is -2.03. The van der Waals surface area contributed by atoms with Gasteiger partial charge in [-0.1, -0.05) is 6.07 Å². The minimum Gasteiger partial charge on any atom is -0.493 e. The number of methoxy groups -OCH3 is 1. The van der Waals surface area contributed by atoms with Crippen LogP contribution >= 0.6 is 0 Å². The van der Waals surface area contributed by atoms with Gasteiger partial charge < -0.3 is 24.7 Å². The molecule has 0 spiro atoms. The zero-order valence-corrected chi connectivity index (χ0v) is 19.2. The number of nitrogen functional groups attached to an aromatic ring is 1. The molecule has 1 aromatic carbocycles. The predicted molar refractivity (Wildman–Crippen MR) is 127 cm³/mol. The lowest BCUT2D eigenvalue weighted by Gasteiger charge is -2.12. The van der Waals surface area contributed by atoms with Crippen LogP contribution in [0.15, 0.2) is 40.3 Å². The van der Waals surface area contributed by atoms with Crippen LogP contribution in [0.2, 0.25) is 0 Å². The van der Waals surface area contributed by atoms with Crippen molar-refractivity contribution in [2.75, 3.05) is 12.8 Å². The summed E-state index contributed by atoms with van der Waals surface area (Å²) in [6, 6.07) is 12.5. The zero-order chi connectivity index (χ0) is 25.3. The van der Waals surface area contributed by atoms with Gasteiger partial charge in [0.2, 0.25) is 5.76 Å². The molecule has 2 heterocycles. The highest BCUT2D eigenvalue weighted by Gasteiger charge is 2.29. The van der Waals surface area contributed by atoms with Crippen molar-refractivity contribution >= 4 is 29.0 Å². The standard InChI is InChI=1S/C26H20N4O5/c1-13-17(23-14(2)19(11-28)25(29)30-24(23)18(13)10-27)8-15-4-6-20(22(9-15)33-3)34-12-16-5-7-21(35-16)26(31)32/h4-9H,12H2,1-3H3,(H2,29,30)(H,31,32). The highest BCUT2D eigenvalue weighted by Crippen LogP contribution is 2.44. The summed E-state index contributed by atoms with van der Waals surface area (Å²) in [6.07, 6.45) is 1.89. The number of ether oxygens (including phenoxy) is 2. The number of fused-ring (bicyclic) bond motifs is 1. The van der Waals surface area contributed by atoms with Gasteiger partial charge in [0.25, 0.3) is 0 Å². The maximum atomic E-state index is 11.0. The average Bonchev–Trinajstić information content (AvgIpc) is 3.41. The number of aromatic carboxylic acids is 1. The fourth-order valence-electron chi connectivity index (χ4n) is 3.97. The third kappa shape index (κ3) is 4.07. The van der Waals surface area contributed by atoms with Crippen molar-refractivity contribution in [3.8, 4) is 23.6 Å². The van der Waals surface area contributed by atoms with Crippen molar-refractivity contribution in [3.63, 3.8) is 0 Å². The monoisotopic (exact) mass is 468 g/mol. The number of carboxylic acid groups (broad SMARTS) is 1. The molecule has 174 valence electrons. The molecule has 0 saturated heterocycles. The van der Waals surface area contributed by atoms with Crippen molar-refractivity contribution < 1.29 is 23.8 Å². The second-order valence-electron chi connectivity index (χ2n) is 7.77. The van der Waals surface area contributed by atoms with Gasteiger partial charge >= 0.3 is 5.97 Å². The molecule has 2 aromatic heterocycles. The van der Waals surface area contributed by atoms with Gasteiger partial charge in [-0.2, -0.15) is 10.5 Å². The minimum atomic E-state index is -1.15. The number of carboxylic acids is 1. The van der Waals surface area contributed by atoms with E-state index in [4.69, 9.17) is 24.7 Å². The van der Waals surface area contributed by atoms with E-state index < -0.39 is 5.97 Å². The average molecular weight is 468 g/mol. The lowest BCUT2D eigenvalue weighted by atomic mass is 9.95. The number of nitrogens with two attached hydrogens (primary N) is 1. The van der Waals surface area contributed by atoms with E-state index in [0.717, 1.165) is 16.7 Å². The van der Waals surface area contributed by atoms with Crippen molar-refractivity contribution in [1.82, 2.24) is 4.98 Å². The molecule has 4 rings (SSSR count). The largest absolute Gasteiger partial charge is 0.493 e. The highest BCUT2D eigenvalue weighted by molar-refractivity contribution is 6.08. The van der Waals surface area contributed by atoms with Gasteiger partial charge in [-0.25, -0.2) is 9.78 Å². The first-order valence-electron chi connectivity index (χ1n) is 10.5. The first kappa shape index (κ1) is 23.1. The zero-order valence-electron chi connectivity index (χ0n) is 19.2. The lowest BCUT2D eigenvalue weighted by molar-refractivity contribution is 0.0658. The molecule has 0 bridgehead atoms. The summed E-state index contributed by atoms with van der Waals surface area (Å²) in [6.45, 7) is 3.64. The molecule has 1 aliphatic carbocycles. The molecule has 0 atom stereocenters. The number of aromatic nitrogens is 1. The molecule has 9 nitrogen and oxygen atoms in total. The molecule has 0 unspecified atom stereocenters. The van der Waals surface area contributed by atoms with Gasteiger partial charge in [-0.3, -0.25) is 0 Å². The van der Waals surface area contributed by atoms with Crippen LogP contribution in [0.5, 0.6) is 11.5 Å². The van der Waals surface area contributed by atoms with Crippen LogP contribution in [-0.2, 0) is 6.61 Å². The van der Waals surface area contributed by atoms with Crippen LogP contribution in [0.1, 0.15) is 51.2 Å². The molecule has 0 aliphatic heterocycles. The summed E-state index contributed by atoms with van der Waals surface area (Å²) in [7, 11) is 1.51. The van der Waals surface area contributed by atoms with Crippen LogP contribution in [0.4, 0.5) is 5.82 Å². The molecule has 0 amide bonds. The third-order valence-electron chi connectivity index (χ3n) is 5.73. The Morgan fingerprint density at radius 1 is 1.20 bits per heavy atom. The van der Waals surface area contributed by atoms with E-state index in [9.17, 15) is 15.3 Å². The van der Waals surface area contributed by atoms with E-state index in [2.05, 4.69) is 17.1 Å². The van der Waals surface area contributed by atoms with Crippen LogP contribution < -0.4 is 15.2 Å².